The first-order chi connectivity index (χ1) is 9.08. The molecule has 3 rings (SSSR count). The first-order valence-electron chi connectivity index (χ1n) is 5.80. The molecule has 2 heterocycles. The van der Waals surface area contributed by atoms with Gasteiger partial charge in [-0.1, -0.05) is 23.5 Å². The summed E-state index contributed by atoms with van der Waals surface area (Å²) in [4.78, 5) is 15.9. The van der Waals surface area contributed by atoms with Crippen LogP contribution in [-0.2, 0) is 0 Å². The molecule has 0 spiro atoms. The predicted molar refractivity (Wildman–Crippen MR) is 74.7 cm³/mol. The quantitative estimate of drug-likeness (QED) is 0.777. The van der Waals surface area contributed by atoms with Crippen molar-refractivity contribution in [3.63, 3.8) is 0 Å². The number of nitrogens with zero attached hydrogens (tertiary/aromatic N) is 3. The number of carbonyl (C=O) groups excluding carboxylic acids is 1. The molecule has 5 nitrogen and oxygen atoms in total. The van der Waals surface area contributed by atoms with Crippen LogP contribution in [0, 0.1) is 13.8 Å². The minimum atomic E-state index is -0.456. The molecule has 96 valence electrons. The Bertz CT molecular complexity index is 754. The molecule has 0 fully saturated rings. The maximum atomic E-state index is 11.4. The Morgan fingerprint density at radius 3 is 2.68 bits per heavy atom. The minimum absolute atomic E-state index is 0.456. The SMILES string of the molecule is Cc1nn(-c2nc3ccccc3s2)c(C)c1C(N)=O. The summed E-state index contributed by atoms with van der Waals surface area (Å²) in [7, 11) is 0. The first-order valence-corrected chi connectivity index (χ1v) is 6.61. The van der Waals surface area contributed by atoms with Crippen molar-refractivity contribution in [2.45, 2.75) is 13.8 Å². The van der Waals surface area contributed by atoms with Gasteiger partial charge in [-0.15, -0.1) is 0 Å². The number of primary amides is 1. The van der Waals surface area contributed by atoms with Crippen molar-refractivity contribution in [2.75, 3.05) is 0 Å². The number of hydrogen-bond acceptors (Lipinski definition) is 4. The van der Waals surface area contributed by atoms with Crippen LogP contribution >= 0.6 is 11.3 Å². The van der Waals surface area contributed by atoms with Crippen molar-refractivity contribution >= 4 is 27.5 Å². The highest BCUT2D eigenvalue weighted by Gasteiger charge is 2.18. The van der Waals surface area contributed by atoms with Crippen molar-refractivity contribution in [2.24, 2.45) is 5.73 Å². The van der Waals surface area contributed by atoms with Crippen LogP contribution in [0.4, 0.5) is 0 Å². The average Bonchev–Trinajstić information content (AvgIpc) is 2.89. The highest BCUT2D eigenvalue weighted by Crippen LogP contribution is 2.26. The Morgan fingerprint density at radius 2 is 2.05 bits per heavy atom. The summed E-state index contributed by atoms with van der Waals surface area (Å²) in [6, 6.07) is 7.88. The van der Waals surface area contributed by atoms with Crippen LogP contribution in [0.15, 0.2) is 24.3 Å². The number of thiazole rings is 1. The Kier molecular flexibility index (Phi) is 2.60. The largest absolute Gasteiger partial charge is 0.365 e. The third kappa shape index (κ3) is 1.80. The van der Waals surface area contributed by atoms with Gasteiger partial charge in [0.15, 0.2) is 0 Å². The maximum absolute atomic E-state index is 11.4. The number of nitrogens with two attached hydrogens (primary N) is 1. The van der Waals surface area contributed by atoms with Crippen LogP contribution in [-0.4, -0.2) is 20.7 Å². The molecule has 0 aliphatic heterocycles. The van der Waals surface area contributed by atoms with E-state index >= 15 is 0 Å². The van der Waals surface area contributed by atoms with Crippen molar-refractivity contribution in [3.8, 4) is 5.13 Å². The number of rotatable bonds is 2. The van der Waals surface area contributed by atoms with Crippen LogP contribution in [0.1, 0.15) is 21.7 Å². The summed E-state index contributed by atoms with van der Waals surface area (Å²) < 4.78 is 2.77. The van der Waals surface area contributed by atoms with E-state index in [1.54, 1.807) is 11.6 Å². The lowest BCUT2D eigenvalue weighted by molar-refractivity contribution is 0.0999. The van der Waals surface area contributed by atoms with Gasteiger partial charge in [0.05, 0.1) is 27.2 Å². The van der Waals surface area contributed by atoms with E-state index in [4.69, 9.17) is 5.73 Å². The topological polar surface area (TPSA) is 73.8 Å². The third-order valence-electron chi connectivity index (χ3n) is 3.00. The summed E-state index contributed by atoms with van der Waals surface area (Å²) in [5.41, 5.74) is 8.13. The molecule has 6 heteroatoms. The van der Waals surface area contributed by atoms with E-state index < -0.39 is 5.91 Å². The van der Waals surface area contributed by atoms with Gasteiger partial charge >= 0.3 is 0 Å². The summed E-state index contributed by atoms with van der Waals surface area (Å²) in [5.74, 6) is -0.456. The Hall–Kier alpha value is -2.21. The number of carbonyl (C=O) groups is 1. The summed E-state index contributed by atoms with van der Waals surface area (Å²) in [6.07, 6.45) is 0. The van der Waals surface area contributed by atoms with E-state index in [1.165, 1.54) is 11.3 Å². The van der Waals surface area contributed by atoms with Gasteiger partial charge in [-0.2, -0.15) is 5.10 Å². The van der Waals surface area contributed by atoms with Crippen LogP contribution in [0.2, 0.25) is 0 Å². The molecule has 0 saturated heterocycles. The summed E-state index contributed by atoms with van der Waals surface area (Å²) in [6.45, 7) is 3.60. The van der Waals surface area contributed by atoms with E-state index in [0.29, 0.717) is 11.3 Å². The van der Waals surface area contributed by atoms with Crippen LogP contribution < -0.4 is 5.73 Å². The molecule has 0 radical (unpaired) electrons. The van der Waals surface area contributed by atoms with Gasteiger partial charge < -0.3 is 5.73 Å². The Balaban J connectivity index is 2.22. The second kappa shape index (κ2) is 4.17. The van der Waals surface area contributed by atoms with Crippen LogP contribution in [0.3, 0.4) is 0 Å². The van der Waals surface area contributed by atoms with E-state index in [9.17, 15) is 4.79 Å². The van der Waals surface area contributed by atoms with E-state index in [-0.39, 0.29) is 0 Å². The number of amides is 1. The van der Waals surface area contributed by atoms with Gasteiger partial charge in [0.1, 0.15) is 0 Å². The van der Waals surface area contributed by atoms with Gasteiger partial charge in [-0.05, 0) is 26.0 Å². The molecule has 0 unspecified atom stereocenters. The van der Waals surface area contributed by atoms with Crippen LogP contribution in [0.5, 0.6) is 0 Å². The van der Waals surface area contributed by atoms with E-state index in [1.807, 2.05) is 31.2 Å². The van der Waals surface area contributed by atoms with Crippen molar-refractivity contribution < 1.29 is 4.79 Å². The van der Waals surface area contributed by atoms with Crippen molar-refractivity contribution in [1.82, 2.24) is 14.8 Å². The van der Waals surface area contributed by atoms with Gasteiger partial charge in [0.25, 0.3) is 5.91 Å². The Morgan fingerprint density at radius 1 is 1.32 bits per heavy atom. The summed E-state index contributed by atoms with van der Waals surface area (Å²) in [5, 5.41) is 5.11. The van der Waals surface area contributed by atoms with Crippen LogP contribution in [0.25, 0.3) is 15.3 Å². The molecule has 2 aromatic heterocycles. The standard InChI is InChI=1S/C13H12N4OS/c1-7-11(12(14)18)8(2)17(16-7)13-15-9-5-3-4-6-10(9)19-13/h3-6H,1-2H3,(H2,14,18). The molecule has 1 aromatic carbocycles. The molecule has 0 aliphatic rings. The third-order valence-corrected chi connectivity index (χ3v) is 4.01. The molecule has 0 atom stereocenters. The fraction of sp³-hybridized carbons (Fsp3) is 0.154. The van der Waals surface area contributed by atoms with Gasteiger partial charge in [0, 0.05) is 0 Å². The zero-order valence-corrected chi connectivity index (χ0v) is 11.4. The lowest BCUT2D eigenvalue weighted by Gasteiger charge is -1.98. The molecule has 1 amide bonds. The molecule has 0 aliphatic carbocycles. The first kappa shape index (κ1) is 11.9. The maximum Gasteiger partial charge on any atom is 0.252 e. The van der Waals surface area contributed by atoms with Crippen molar-refractivity contribution in [1.29, 1.82) is 0 Å². The number of fused-ring (bicyclic) bond motifs is 1. The molecule has 0 saturated carbocycles. The molecular weight excluding hydrogens is 260 g/mol. The Labute approximate surface area is 113 Å². The second-order valence-electron chi connectivity index (χ2n) is 4.29. The lowest BCUT2D eigenvalue weighted by atomic mass is 10.2. The second-order valence-corrected chi connectivity index (χ2v) is 5.30. The number of hydrogen-bond donors (Lipinski definition) is 1. The highest BCUT2D eigenvalue weighted by molar-refractivity contribution is 7.20. The molecule has 0 bridgehead atoms. The molecule has 3 aromatic rings. The number of para-hydroxylation sites is 1. The van der Waals surface area contributed by atoms with E-state index in [0.717, 1.165) is 21.0 Å². The summed E-state index contributed by atoms with van der Waals surface area (Å²) >= 11 is 1.54. The zero-order valence-electron chi connectivity index (χ0n) is 10.5. The number of aromatic nitrogens is 3. The van der Waals surface area contributed by atoms with Gasteiger partial charge in [-0.3, -0.25) is 4.79 Å². The molecular formula is C13H12N4OS. The minimum Gasteiger partial charge on any atom is -0.365 e. The average molecular weight is 272 g/mol. The van der Waals surface area contributed by atoms with Gasteiger partial charge in [-0.25, -0.2) is 9.67 Å². The molecule has 2 N–H and O–H groups in total. The van der Waals surface area contributed by atoms with E-state index in [2.05, 4.69) is 10.1 Å². The van der Waals surface area contributed by atoms with Crippen molar-refractivity contribution in [3.05, 3.63) is 41.2 Å². The monoisotopic (exact) mass is 272 g/mol. The molecule has 19 heavy (non-hydrogen) atoms. The smallest absolute Gasteiger partial charge is 0.252 e. The zero-order chi connectivity index (χ0) is 13.6. The number of aryl methyl sites for hydroxylation is 1. The fourth-order valence-electron chi connectivity index (χ4n) is 2.14. The highest BCUT2D eigenvalue weighted by atomic mass is 32.1. The fourth-order valence-corrected chi connectivity index (χ4v) is 3.11. The number of benzene rings is 1. The predicted octanol–water partition coefficient (Wildman–Crippen LogP) is 2.20. The van der Waals surface area contributed by atoms with Gasteiger partial charge in [0.2, 0.25) is 5.13 Å². The normalized spacial score (nSPS) is 11.1. The lowest BCUT2D eigenvalue weighted by Crippen LogP contribution is -2.13.